The van der Waals surface area contributed by atoms with Crippen LogP contribution in [0, 0.1) is 5.92 Å². The van der Waals surface area contributed by atoms with Crippen molar-refractivity contribution in [2.75, 3.05) is 0 Å². The van der Waals surface area contributed by atoms with Crippen LogP contribution < -0.4 is 0 Å². The molecule has 13 heavy (non-hydrogen) atoms. The minimum Gasteiger partial charge on any atom is -0.424 e. The van der Waals surface area contributed by atoms with Crippen LogP contribution in [-0.4, -0.2) is 10.2 Å². The monoisotopic (exact) mass is 200 g/mol. The molecule has 3 nitrogen and oxygen atoms in total. The molecular formula is C9H13ClN2O. The van der Waals surface area contributed by atoms with E-state index < -0.39 is 0 Å². The highest BCUT2D eigenvalue weighted by Gasteiger charge is 2.18. The van der Waals surface area contributed by atoms with Gasteiger partial charge < -0.3 is 4.42 Å². The van der Waals surface area contributed by atoms with E-state index in [9.17, 15) is 0 Å². The van der Waals surface area contributed by atoms with Crippen molar-refractivity contribution in [1.29, 1.82) is 0 Å². The van der Waals surface area contributed by atoms with Gasteiger partial charge in [-0.3, -0.25) is 0 Å². The van der Waals surface area contributed by atoms with Gasteiger partial charge in [0.15, 0.2) is 0 Å². The quantitative estimate of drug-likeness (QED) is 0.704. The van der Waals surface area contributed by atoms with Crippen molar-refractivity contribution >= 4 is 11.6 Å². The molecule has 1 aromatic rings. The average molecular weight is 201 g/mol. The molecule has 0 N–H and O–H groups in total. The van der Waals surface area contributed by atoms with E-state index in [1.165, 1.54) is 25.7 Å². The predicted molar refractivity (Wildman–Crippen MR) is 49.5 cm³/mol. The van der Waals surface area contributed by atoms with Crippen molar-refractivity contribution in [3.63, 3.8) is 0 Å². The van der Waals surface area contributed by atoms with Crippen LogP contribution in [0.4, 0.5) is 0 Å². The summed E-state index contributed by atoms with van der Waals surface area (Å²) < 4.78 is 5.34. The first-order valence-electron chi connectivity index (χ1n) is 4.75. The number of hydrogen-bond donors (Lipinski definition) is 0. The normalized spacial score (nSPS) is 18.2. The SMILES string of the molecule is ClCc1nnc(CC2CCCC2)o1. The molecule has 1 aliphatic carbocycles. The molecule has 0 aromatic carbocycles. The molecule has 4 heteroatoms. The van der Waals surface area contributed by atoms with Crippen LogP contribution in [0.5, 0.6) is 0 Å². The zero-order valence-electron chi connectivity index (χ0n) is 7.50. The molecule has 2 rings (SSSR count). The molecule has 1 heterocycles. The van der Waals surface area contributed by atoms with Crippen molar-refractivity contribution in [2.45, 2.75) is 38.0 Å². The summed E-state index contributed by atoms with van der Waals surface area (Å²) in [5, 5.41) is 7.78. The van der Waals surface area contributed by atoms with Crippen LogP contribution in [0.25, 0.3) is 0 Å². The molecule has 72 valence electrons. The zero-order valence-corrected chi connectivity index (χ0v) is 8.26. The molecule has 1 fully saturated rings. The van der Waals surface area contributed by atoms with Crippen LogP contribution in [0.15, 0.2) is 4.42 Å². The summed E-state index contributed by atoms with van der Waals surface area (Å²) in [5.74, 6) is 2.36. The summed E-state index contributed by atoms with van der Waals surface area (Å²) in [6, 6.07) is 0. The van der Waals surface area contributed by atoms with Crippen LogP contribution in [0.2, 0.25) is 0 Å². The van der Waals surface area contributed by atoms with Gasteiger partial charge >= 0.3 is 0 Å². The summed E-state index contributed by atoms with van der Waals surface area (Å²) in [4.78, 5) is 0. The topological polar surface area (TPSA) is 38.9 Å². The van der Waals surface area contributed by atoms with E-state index in [2.05, 4.69) is 10.2 Å². The zero-order chi connectivity index (χ0) is 9.10. The van der Waals surface area contributed by atoms with Crippen LogP contribution >= 0.6 is 11.6 Å². The smallest absolute Gasteiger partial charge is 0.231 e. The number of aromatic nitrogens is 2. The lowest BCUT2D eigenvalue weighted by Crippen LogP contribution is -1.98. The average Bonchev–Trinajstić information content (AvgIpc) is 2.76. The summed E-state index contributed by atoms with van der Waals surface area (Å²) in [6.07, 6.45) is 6.24. The highest BCUT2D eigenvalue weighted by atomic mass is 35.5. The van der Waals surface area contributed by atoms with Crippen LogP contribution in [-0.2, 0) is 12.3 Å². The fourth-order valence-corrected chi connectivity index (χ4v) is 1.99. The Morgan fingerprint density at radius 2 is 1.92 bits per heavy atom. The molecule has 1 aliphatic rings. The molecule has 0 atom stereocenters. The maximum Gasteiger partial charge on any atom is 0.231 e. The van der Waals surface area contributed by atoms with Gasteiger partial charge in [0.2, 0.25) is 11.8 Å². The maximum atomic E-state index is 5.56. The Labute approximate surface area is 82.5 Å². The van der Waals surface area contributed by atoms with Gasteiger partial charge in [-0.1, -0.05) is 12.8 Å². The number of halogens is 1. The van der Waals surface area contributed by atoms with Gasteiger partial charge in [0, 0.05) is 6.42 Å². The maximum absolute atomic E-state index is 5.56. The van der Waals surface area contributed by atoms with E-state index in [1.54, 1.807) is 0 Å². The standard InChI is InChI=1S/C9H13ClN2O/c10-6-9-12-11-8(13-9)5-7-3-1-2-4-7/h7H,1-6H2. The number of nitrogens with zero attached hydrogens (tertiary/aromatic N) is 2. The second kappa shape index (κ2) is 4.09. The lowest BCUT2D eigenvalue weighted by molar-refractivity contribution is 0.415. The molecule has 1 saturated carbocycles. The van der Waals surface area contributed by atoms with Gasteiger partial charge in [0.1, 0.15) is 5.88 Å². The third-order valence-corrected chi connectivity index (χ3v) is 2.79. The Morgan fingerprint density at radius 1 is 1.23 bits per heavy atom. The van der Waals surface area contributed by atoms with Crippen LogP contribution in [0.3, 0.4) is 0 Å². The molecule has 1 aromatic heterocycles. The fraction of sp³-hybridized carbons (Fsp3) is 0.778. The molecule has 0 radical (unpaired) electrons. The number of hydrogen-bond acceptors (Lipinski definition) is 3. The van der Waals surface area contributed by atoms with E-state index >= 15 is 0 Å². The van der Waals surface area contributed by atoms with Crippen molar-refractivity contribution < 1.29 is 4.42 Å². The molecule has 0 amide bonds. The van der Waals surface area contributed by atoms with Crippen LogP contribution in [0.1, 0.15) is 37.5 Å². The van der Waals surface area contributed by atoms with Gasteiger partial charge in [0.05, 0.1) is 0 Å². The molecule has 0 saturated heterocycles. The van der Waals surface area contributed by atoms with Gasteiger partial charge in [-0.15, -0.1) is 21.8 Å². The predicted octanol–water partition coefficient (Wildman–Crippen LogP) is 2.54. The van der Waals surface area contributed by atoms with Crippen molar-refractivity contribution in [3.05, 3.63) is 11.8 Å². The van der Waals surface area contributed by atoms with Gasteiger partial charge in [-0.05, 0) is 18.8 Å². The second-order valence-electron chi connectivity index (χ2n) is 3.58. The molecule has 0 aliphatic heterocycles. The molecular weight excluding hydrogens is 188 g/mol. The highest BCUT2D eigenvalue weighted by Crippen LogP contribution is 2.27. The van der Waals surface area contributed by atoms with Crippen molar-refractivity contribution in [3.8, 4) is 0 Å². The summed E-state index contributed by atoms with van der Waals surface area (Å²) in [6.45, 7) is 0. The first-order chi connectivity index (χ1) is 6.38. The summed E-state index contributed by atoms with van der Waals surface area (Å²) >= 11 is 5.56. The molecule has 0 spiro atoms. The minimum atomic E-state index is 0.317. The third-order valence-electron chi connectivity index (χ3n) is 2.56. The summed E-state index contributed by atoms with van der Waals surface area (Å²) in [5.41, 5.74) is 0. The Kier molecular flexibility index (Phi) is 2.83. The number of alkyl halides is 1. The Hall–Kier alpha value is -0.570. The highest BCUT2D eigenvalue weighted by molar-refractivity contribution is 6.16. The van der Waals surface area contributed by atoms with E-state index in [4.69, 9.17) is 16.0 Å². The van der Waals surface area contributed by atoms with Gasteiger partial charge in [0.25, 0.3) is 0 Å². The molecule has 0 bridgehead atoms. The number of rotatable bonds is 3. The summed E-state index contributed by atoms with van der Waals surface area (Å²) in [7, 11) is 0. The Bertz CT molecular complexity index is 268. The minimum absolute atomic E-state index is 0.317. The van der Waals surface area contributed by atoms with E-state index in [0.29, 0.717) is 11.8 Å². The third kappa shape index (κ3) is 2.21. The van der Waals surface area contributed by atoms with Crippen molar-refractivity contribution in [1.82, 2.24) is 10.2 Å². The van der Waals surface area contributed by atoms with E-state index in [0.717, 1.165) is 18.2 Å². The van der Waals surface area contributed by atoms with E-state index in [-0.39, 0.29) is 0 Å². The second-order valence-corrected chi connectivity index (χ2v) is 3.85. The Morgan fingerprint density at radius 3 is 2.54 bits per heavy atom. The largest absolute Gasteiger partial charge is 0.424 e. The lowest BCUT2D eigenvalue weighted by Gasteiger charge is -2.02. The lowest BCUT2D eigenvalue weighted by atomic mass is 10.0. The van der Waals surface area contributed by atoms with Gasteiger partial charge in [-0.25, -0.2) is 0 Å². The first-order valence-corrected chi connectivity index (χ1v) is 5.29. The fourth-order valence-electron chi connectivity index (χ4n) is 1.89. The van der Waals surface area contributed by atoms with E-state index in [1.807, 2.05) is 0 Å². The Balaban J connectivity index is 1.92. The molecule has 0 unspecified atom stereocenters. The first kappa shape index (κ1) is 9.00. The van der Waals surface area contributed by atoms with Crippen molar-refractivity contribution in [2.24, 2.45) is 5.92 Å². The van der Waals surface area contributed by atoms with Gasteiger partial charge in [-0.2, -0.15) is 0 Å².